The minimum atomic E-state index is 0.119. The van der Waals surface area contributed by atoms with Gasteiger partial charge in [0.2, 0.25) is 0 Å². The zero-order chi connectivity index (χ0) is 15.8. The van der Waals surface area contributed by atoms with Crippen LogP contribution in [0.5, 0.6) is 0 Å². The van der Waals surface area contributed by atoms with Crippen molar-refractivity contribution in [1.82, 2.24) is 0 Å². The number of Topliss-reactive ketones (excluding diaryl/α,β-unsaturated/α-hetero) is 1. The van der Waals surface area contributed by atoms with Crippen LogP contribution < -0.4 is 0 Å². The van der Waals surface area contributed by atoms with Crippen LogP contribution in [0.4, 0.5) is 0 Å². The highest BCUT2D eigenvalue weighted by molar-refractivity contribution is 6.01. The number of hydrogen-bond donors (Lipinski definition) is 0. The first-order valence-corrected chi connectivity index (χ1v) is 7.97. The molecule has 0 bridgehead atoms. The van der Waals surface area contributed by atoms with E-state index in [1.54, 1.807) is 0 Å². The summed E-state index contributed by atoms with van der Waals surface area (Å²) < 4.78 is 0. The molecule has 21 heavy (non-hydrogen) atoms. The Bertz CT molecular complexity index is 545. The maximum absolute atomic E-state index is 11.9. The Morgan fingerprint density at radius 1 is 0.857 bits per heavy atom. The van der Waals surface area contributed by atoms with Crippen LogP contribution in [0.15, 0.2) is 23.8 Å². The Kier molecular flexibility index (Phi) is 4.15. The fourth-order valence-electron chi connectivity index (χ4n) is 2.69. The Labute approximate surface area is 129 Å². The number of ketones is 1. The molecule has 1 nitrogen and oxygen atoms in total. The van der Waals surface area contributed by atoms with E-state index in [9.17, 15) is 4.79 Å². The molecule has 0 saturated heterocycles. The third kappa shape index (κ3) is 3.84. The molecule has 0 aliphatic heterocycles. The molecule has 1 aromatic rings. The molecule has 114 valence electrons. The Balaban J connectivity index is 2.53. The Morgan fingerprint density at radius 3 is 1.76 bits per heavy atom. The molecular formula is C20H28O. The lowest BCUT2D eigenvalue weighted by Crippen LogP contribution is -2.16. The summed E-state index contributed by atoms with van der Waals surface area (Å²) in [5, 5.41) is 0. The Hall–Kier alpha value is -1.37. The van der Waals surface area contributed by atoms with Gasteiger partial charge < -0.3 is 0 Å². The van der Waals surface area contributed by atoms with Crippen LogP contribution in [0, 0.1) is 0 Å². The minimum Gasteiger partial charge on any atom is -0.295 e. The van der Waals surface area contributed by atoms with Crippen molar-refractivity contribution in [1.29, 1.82) is 0 Å². The molecule has 1 aliphatic rings. The van der Waals surface area contributed by atoms with Gasteiger partial charge in [-0.1, -0.05) is 59.7 Å². The number of hydrogen-bond acceptors (Lipinski definition) is 1. The minimum absolute atomic E-state index is 0.119. The monoisotopic (exact) mass is 284 g/mol. The second-order valence-corrected chi connectivity index (χ2v) is 8.29. The van der Waals surface area contributed by atoms with Crippen LogP contribution in [-0.4, -0.2) is 5.78 Å². The molecule has 0 atom stereocenters. The quantitative estimate of drug-likeness (QED) is 0.629. The second kappa shape index (κ2) is 5.44. The van der Waals surface area contributed by atoms with Crippen molar-refractivity contribution >= 4 is 11.9 Å². The number of rotatable bonds is 1. The Morgan fingerprint density at radius 2 is 1.38 bits per heavy atom. The summed E-state index contributed by atoms with van der Waals surface area (Å²) >= 11 is 0. The van der Waals surface area contributed by atoms with Crippen LogP contribution in [0.2, 0.25) is 0 Å². The van der Waals surface area contributed by atoms with Crippen molar-refractivity contribution in [2.75, 3.05) is 0 Å². The number of allylic oxidation sites excluding steroid dienone is 1. The fraction of sp³-hybridized carbons (Fsp3) is 0.550. The van der Waals surface area contributed by atoms with Gasteiger partial charge in [-0.25, -0.2) is 0 Å². The highest BCUT2D eigenvalue weighted by Gasteiger charge is 2.21. The summed E-state index contributed by atoms with van der Waals surface area (Å²) in [6, 6.07) is 6.81. The first-order valence-electron chi connectivity index (χ1n) is 7.97. The van der Waals surface area contributed by atoms with Crippen LogP contribution in [0.3, 0.4) is 0 Å². The third-order valence-corrected chi connectivity index (χ3v) is 4.24. The van der Waals surface area contributed by atoms with Crippen molar-refractivity contribution in [2.24, 2.45) is 0 Å². The first-order chi connectivity index (χ1) is 9.57. The van der Waals surface area contributed by atoms with Crippen LogP contribution in [-0.2, 0) is 15.6 Å². The first kappa shape index (κ1) is 16.0. The van der Waals surface area contributed by atoms with Gasteiger partial charge in [0.1, 0.15) is 0 Å². The van der Waals surface area contributed by atoms with Gasteiger partial charge in [-0.15, -0.1) is 0 Å². The lowest BCUT2D eigenvalue weighted by Gasteiger charge is -2.26. The van der Waals surface area contributed by atoms with Gasteiger partial charge in [0.15, 0.2) is 5.78 Å². The summed E-state index contributed by atoms with van der Waals surface area (Å²) in [5.41, 5.74) is 5.10. The predicted molar refractivity (Wildman–Crippen MR) is 90.7 cm³/mol. The summed E-state index contributed by atoms with van der Waals surface area (Å²) in [5.74, 6) is 0.327. The molecule has 1 heteroatoms. The maximum Gasteiger partial charge on any atom is 0.158 e. The van der Waals surface area contributed by atoms with E-state index in [2.05, 4.69) is 65.8 Å². The smallest absolute Gasteiger partial charge is 0.158 e. The molecule has 0 N–H and O–H groups in total. The van der Waals surface area contributed by atoms with E-state index in [1.807, 2.05) is 0 Å². The van der Waals surface area contributed by atoms with Crippen molar-refractivity contribution in [3.63, 3.8) is 0 Å². The van der Waals surface area contributed by atoms with E-state index in [1.165, 1.54) is 16.7 Å². The van der Waals surface area contributed by atoms with Crippen molar-refractivity contribution in [2.45, 2.75) is 71.6 Å². The summed E-state index contributed by atoms with van der Waals surface area (Å²) in [7, 11) is 0. The predicted octanol–water partition coefficient (Wildman–Crippen LogP) is 5.42. The normalized spacial score (nSPS) is 18.6. The SMILES string of the molecule is CC(C)(C)c1cc(/C=C2/CCCC2=O)cc(C(C)(C)C)c1. The molecule has 2 rings (SSSR count). The van der Waals surface area contributed by atoms with Crippen LogP contribution in [0.25, 0.3) is 6.08 Å². The van der Waals surface area contributed by atoms with Crippen LogP contribution in [0.1, 0.15) is 77.5 Å². The van der Waals surface area contributed by atoms with Gasteiger partial charge in [0, 0.05) is 6.42 Å². The van der Waals surface area contributed by atoms with Gasteiger partial charge in [0.05, 0.1) is 0 Å². The van der Waals surface area contributed by atoms with Gasteiger partial charge in [-0.3, -0.25) is 4.79 Å². The van der Waals surface area contributed by atoms with Crippen molar-refractivity contribution in [3.05, 3.63) is 40.5 Å². The summed E-state index contributed by atoms with van der Waals surface area (Å²) in [6.07, 6.45) is 4.77. The summed E-state index contributed by atoms with van der Waals surface area (Å²) in [4.78, 5) is 11.9. The number of carbonyl (C=O) groups is 1. The zero-order valence-electron chi connectivity index (χ0n) is 14.3. The summed E-state index contributed by atoms with van der Waals surface area (Å²) in [6.45, 7) is 13.5. The standard InChI is InChI=1S/C20H28O/c1-19(2,3)16-11-14(10-15-8-7-9-18(15)21)12-17(13-16)20(4,5)6/h10-13H,7-9H2,1-6H3/b15-10-. The molecular weight excluding hydrogens is 256 g/mol. The van der Waals surface area contributed by atoms with E-state index >= 15 is 0 Å². The van der Waals surface area contributed by atoms with Gasteiger partial charge in [-0.2, -0.15) is 0 Å². The molecule has 0 unspecified atom stereocenters. The molecule has 0 spiro atoms. The largest absolute Gasteiger partial charge is 0.295 e. The highest BCUT2D eigenvalue weighted by atomic mass is 16.1. The van der Waals surface area contributed by atoms with E-state index in [4.69, 9.17) is 0 Å². The molecule has 1 aromatic carbocycles. The molecule has 0 heterocycles. The molecule has 0 amide bonds. The molecule has 0 radical (unpaired) electrons. The average Bonchev–Trinajstić information content (AvgIpc) is 2.72. The molecule has 1 saturated carbocycles. The van der Waals surface area contributed by atoms with Crippen molar-refractivity contribution < 1.29 is 4.79 Å². The molecule has 1 fully saturated rings. The average molecular weight is 284 g/mol. The zero-order valence-corrected chi connectivity index (χ0v) is 14.3. The second-order valence-electron chi connectivity index (χ2n) is 8.29. The number of carbonyl (C=O) groups excluding carboxylic acids is 1. The lowest BCUT2D eigenvalue weighted by molar-refractivity contribution is -0.114. The third-order valence-electron chi connectivity index (χ3n) is 4.24. The van der Waals surface area contributed by atoms with Gasteiger partial charge >= 0.3 is 0 Å². The molecule has 0 aromatic heterocycles. The van der Waals surface area contributed by atoms with Gasteiger partial charge in [-0.05, 0) is 52.0 Å². The highest BCUT2D eigenvalue weighted by Crippen LogP contribution is 2.32. The number of benzene rings is 1. The van der Waals surface area contributed by atoms with E-state index in [0.717, 1.165) is 24.8 Å². The van der Waals surface area contributed by atoms with Crippen molar-refractivity contribution in [3.8, 4) is 0 Å². The maximum atomic E-state index is 11.9. The topological polar surface area (TPSA) is 17.1 Å². The van der Waals surface area contributed by atoms with Gasteiger partial charge in [0.25, 0.3) is 0 Å². The lowest BCUT2D eigenvalue weighted by atomic mass is 9.79. The van der Waals surface area contributed by atoms with E-state index < -0.39 is 0 Å². The van der Waals surface area contributed by atoms with E-state index in [0.29, 0.717) is 5.78 Å². The van der Waals surface area contributed by atoms with Crippen LogP contribution >= 0.6 is 0 Å². The molecule has 1 aliphatic carbocycles. The van der Waals surface area contributed by atoms with E-state index in [-0.39, 0.29) is 10.8 Å². The fourth-order valence-corrected chi connectivity index (χ4v) is 2.69.